The molecule has 0 spiro atoms. The fourth-order valence-corrected chi connectivity index (χ4v) is 2.55. The van der Waals surface area contributed by atoms with Crippen LogP contribution in [0.1, 0.15) is 23.3 Å². The fourth-order valence-electron chi connectivity index (χ4n) is 2.55. The van der Waals surface area contributed by atoms with E-state index in [1.54, 1.807) is 28.8 Å². The maximum Gasteiger partial charge on any atom is 0.313 e. The van der Waals surface area contributed by atoms with Crippen LogP contribution in [0.25, 0.3) is 10.9 Å². The Hall–Kier alpha value is -3.53. The van der Waals surface area contributed by atoms with Gasteiger partial charge in [0.1, 0.15) is 5.69 Å². The number of hydrogen-bond donors (Lipinski definition) is 1. The first kappa shape index (κ1) is 16.3. The minimum Gasteiger partial charge on any atom is -0.493 e. The molecule has 0 fully saturated rings. The van der Waals surface area contributed by atoms with Crippen molar-refractivity contribution in [3.05, 3.63) is 54.4 Å². The number of aromatic hydroxyl groups is 1. The number of hydrogen-bond acceptors (Lipinski definition) is 5. The van der Waals surface area contributed by atoms with Gasteiger partial charge in [-0.1, -0.05) is 24.3 Å². The van der Waals surface area contributed by atoms with Gasteiger partial charge < -0.3 is 9.67 Å². The van der Waals surface area contributed by atoms with Gasteiger partial charge >= 0.3 is 5.91 Å². The summed E-state index contributed by atoms with van der Waals surface area (Å²) in [6.45, 7) is 0.476. The second-order valence-electron chi connectivity index (χ2n) is 5.32. The topological polar surface area (TPSA) is 104 Å². The van der Waals surface area contributed by atoms with Crippen LogP contribution in [0.5, 0.6) is 5.88 Å². The van der Waals surface area contributed by atoms with Gasteiger partial charge in [0.05, 0.1) is 11.6 Å². The van der Waals surface area contributed by atoms with E-state index in [9.17, 15) is 9.90 Å². The van der Waals surface area contributed by atoms with Crippen molar-refractivity contribution in [2.75, 3.05) is 0 Å². The Kier molecular flexibility index (Phi) is 4.81. The highest BCUT2D eigenvalue weighted by Crippen LogP contribution is 2.39. The number of rotatable bonds is 5. The van der Waals surface area contributed by atoms with Crippen LogP contribution in [0.3, 0.4) is 0 Å². The third-order valence-electron chi connectivity index (χ3n) is 3.71. The Labute approximate surface area is 143 Å². The molecule has 25 heavy (non-hydrogen) atoms. The monoisotopic (exact) mass is 333 g/mol. The van der Waals surface area contributed by atoms with Crippen LogP contribution >= 0.6 is 0 Å². The van der Waals surface area contributed by atoms with Crippen LogP contribution in [-0.2, 0) is 6.54 Å². The van der Waals surface area contributed by atoms with Gasteiger partial charge in [-0.25, -0.2) is 0 Å². The number of unbranched alkanes of at least 4 members (excludes halogenated alkanes) is 1. The number of pyridine rings is 1. The summed E-state index contributed by atoms with van der Waals surface area (Å²) < 4.78 is 1.67. The Morgan fingerprint density at radius 3 is 2.80 bits per heavy atom. The van der Waals surface area contributed by atoms with Gasteiger partial charge in [0.25, 0.3) is 0 Å². The third kappa shape index (κ3) is 3.38. The molecule has 0 radical (unpaired) electrons. The molecule has 0 saturated carbocycles. The van der Waals surface area contributed by atoms with Crippen LogP contribution in [0, 0.1) is 11.3 Å². The van der Waals surface area contributed by atoms with Crippen LogP contribution in [0.4, 0.5) is 5.69 Å². The number of benzene rings is 1. The minimum atomic E-state index is -0.582. The van der Waals surface area contributed by atoms with Crippen molar-refractivity contribution in [1.82, 2.24) is 9.55 Å². The third-order valence-corrected chi connectivity index (χ3v) is 3.71. The Morgan fingerprint density at radius 1 is 1.24 bits per heavy atom. The lowest BCUT2D eigenvalue weighted by Crippen LogP contribution is -1.96. The van der Waals surface area contributed by atoms with Crippen molar-refractivity contribution in [3.8, 4) is 11.9 Å². The molecule has 0 saturated heterocycles. The first-order valence-electron chi connectivity index (χ1n) is 7.76. The highest BCUT2D eigenvalue weighted by atomic mass is 16.3. The van der Waals surface area contributed by atoms with Crippen molar-refractivity contribution in [2.45, 2.75) is 19.4 Å². The Bertz CT molecular complexity index is 970. The zero-order chi connectivity index (χ0) is 17.6. The van der Waals surface area contributed by atoms with Crippen molar-refractivity contribution >= 4 is 22.5 Å². The molecule has 7 heteroatoms. The summed E-state index contributed by atoms with van der Waals surface area (Å²) in [6.07, 6.45) is 2.49. The van der Waals surface area contributed by atoms with Gasteiger partial charge in [0.2, 0.25) is 5.88 Å². The molecule has 1 aromatic carbocycles. The van der Waals surface area contributed by atoms with E-state index in [-0.39, 0.29) is 17.3 Å². The van der Waals surface area contributed by atoms with Crippen LogP contribution < -0.4 is 0 Å². The van der Waals surface area contributed by atoms with Crippen LogP contribution in [0.15, 0.2) is 58.9 Å². The maximum absolute atomic E-state index is 12.0. The van der Waals surface area contributed by atoms with Gasteiger partial charge in [-0.15, -0.1) is 10.2 Å². The lowest BCUT2D eigenvalue weighted by molar-refractivity contribution is 0.0990. The Balaban J connectivity index is 1.96. The van der Waals surface area contributed by atoms with Gasteiger partial charge in [-0.3, -0.25) is 9.78 Å². The van der Waals surface area contributed by atoms with E-state index in [1.807, 2.05) is 18.2 Å². The highest BCUT2D eigenvalue weighted by molar-refractivity contribution is 5.96. The number of amides is 1. The second-order valence-corrected chi connectivity index (χ2v) is 5.32. The molecule has 3 rings (SSSR count). The lowest BCUT2D eigenvalue weighted by Gasteiger charge is -2.04. The summed E-state index contributed by atoms with van der Waals surface area (Å²) >= 11 is 0. The van der Waals surface area contributed by atoms with Gasteiger partial charge in [-0.05, 0) is 24.6 Å². The number of aromatic nitrogens is 2. The van der Waals surface area contributed by atoms with Crippen molar-refractivity contribution in [1.29, 1.82) is 5.26 Å². The molecule has 1 N–H and O–H groups in total. The van der Waals surface area contributed by atoms with E-state index < -0.39 is 5.91 Å². The van der Waals surface area contributed by atoms with Gasteiger partial charge in [-0.2, -0.15) is 5.26 Å². The number of fused-ring (bicyclic) bond motifs is 1. The molecule has 124 valence electrons. The number of nitrogens with zero attached hydrogens (tertiary/aromatic N) is 5. The second kappa shape index (κ2) is 7.36. The van der Waals surface area contributed by atoms with Gasteiger partial charge in [0, 0.05) is 24.5 Å². The summed E-state index contributed by atoms with van der Waals surface area (Å²) in [6, 6.07) is 14.3. The molecule has 0 atom stereocenters. The van der Waals surface area contributed by atoms with Crippen LogP contribution in [0.2, 0.25) is 0 Å². The SMILES string of the molecule is N#CCCCn1c(O)c(N=NC(=O)c2ccccn2)c2ccccc21. The van der Waals surface area contributed by atoms with Crippen molar-refractivity contribution in [2.24, 2.45) is 10.2 Å². The Morgan fingerprint density at radius 2 is 2.04 bits per heavy atom. The quantitative estimate of drug-likeness (QED) is 0.563. The van der Waals surface area contributed by atoms with Crippen LogP contribution in [-0.4, -0.2) is 20.6 Å². The largest absolute Gasteiger partial charge is 0.493 e. The first-order valence-corrected chi connectivity index (χ1v) is 7.76. The summed E-state index contributed by atoms with van der Waals surface area (Å²) in [7, 11) is 0. The van der Waals surface area contributed by atoms with Crippen molar-refractivity contribution in [3.63, 3.8) is 0 Å². The summed E-state index contributed by atoms with van der Waals surface area (Å²) in [4.78, 5) is 16.0. The van der Waals surface area contributed by atoms with E-state index >= 15 is 0 Å². The zero-order valence-corrected chi connectivity index (χ0v) is 13.3. The number of nitriles is 1. The van der Waals surface area contributed by atoms with E-state index in [0.29, 0.717) is 24.8 Å². The average molecular weight is 333 g/mol. The van der Waals surface area contributed by atoms with E-state index in [4.69, 9.17) is 5.26 Å². The summed E-state index contributed by atoms with van der Waals surface area (Å²) in [5.41, 5.74) is 1.19. The summed E-state index contributed by atoms with van der Waals surface area (Å²) in [5.74, 6) is -0.655. The van der Waals surface area contributed by atoms with Gasteiger partial charge in [0.15, 0.2) is 5.69 Å². The van der Waals surface area contributed by atoms with Crippen molar-refractivity contribution < 1.29 is 9.90 Å². The minimum absolute atomic E-state index is 0.0725. The number of carbonyl (C=O) groups is 1. The number of para-hydroxylation sites is 1. The van der Waals surface area contributed by atoms with E-state index in [0.717, 1.165) is 5.52 Å². The molecule has 2 aromatic heterocycles. The molecule has 0 aliphatic heterocycles. The van der Waals surface area contributed by atoms with E-state index in [1.165, 1.54) is 6.20 Å². The molecule has 3 aromatic rings. The fraction of sp³-hybridized carbons (Fsp3) is 0.167. The standard InChI is InChI=1S/C18H15N5O2/c19-10-4-6-12-23-15-9-2-1-7-13(15)16(18(23)25)21-22-17(24)14-8-3-5-11-20-14/h1-3,5,7-9,11,25H,4,6,12H2. The molecular formula is C18H15N5O2. The first-order chi connectivity index (χ1) is 12.2. The molecule has 7 nitrogen and oxygen atoms in total. The molecule has 2 heterocycles. The number of carbonyl (C=O) groups excluding carboxylic acids is 1. The normalized spacial score (nSPS) is 11.0. The molecule has 0 unspecified atom stereocenters. The molecule has 0 aliphatic carbocycles. The maximum atomic E-state index is 12.0. The highest BCUT2D eigenvalue weighted by Gasteiger charge is 2.16. The number of aryl methyl sites for hydroxylation is 1. The van der Waals surface area contributed by atoms with E-state index in [2.05, 4.69) is 21.3 Å². The smallest absolute Gasteiger partial charge is 0.313 e. The zero-order valence-electron chi connectivity index (χ0n) is 13.3. The number of azo groups is 1. The predicted octanol–water partition coefficient (Wildman–Crippen LogP) is 3.97. The molecular weight excluding hydrogens is 318 g/mol. The molecule has 0 aliphatic rings. The predicted molar refractivity (Wildman–Crippen MR) is 91.5 cm³/mol. The summed E-state index contributed by atoms with van der Waals surface area (Å²) in [5, 5.41) is 27.5. The molecule has 1 amide bonds. The molecule has 0 bridgehead atoms. The average Bonchev–Trinajstić information content (AvgIpc) is 2.92. The lowest BCUT2D eigenvalue weighted by atomic mass is 10.2.